The molecule has 0 unspecified atom stereocenters. The minimum Gasteiger partial charge on any atom is -0.478 e. The first-order chi connectivity index (χ1) is 19.0. The highest BCUT2D eigenvalue weighted by molar-refractivity contribution is 9.10. The van der Waals surface area contributed by atoms with Crippen molar-refractivity contribution in [2.75, 3.05) is 6.61 Å². The third kappa shape index (κ3) is 6.32. The molecule has 0 amide bonds. The topological polar surface area (TPSA) is 40.5 Å². The fraction of sp³-hybridized carbons (Fsp3) is 0.147. The lowest BCUT2D eigenvalue weighted by Gasteiger charge is -2.18. The summed E-state index contributed by atoms with van der Waals surface area (Å²) in [7, 11) is 0. The number of rotatable bonds is 9. The molecule has 196 valence electrons. The standard InChI is InChI=1S/C34H30BrNO3/c1-3-38-34(37)33(23-25-7-5-4-6-8-25)39-31-20-14-27(15-21-31)26-10-12-28(13-11-26)32-22-9-24(2)36(32)30-18-16-29(35)17-19-30/h4-22,33H,3,23H2,1-2H3/t33-/m1/s1. The Hall–Kier alpha value is -4.09. The van der Waals surface area contributed by atoms with Crippen LogP contribution in [0.4, 0.5) is 0 Å². The van der Waals surface area contributed by atoms with Crippen molar-refractivity contribution in [3.63, 3.8) is 0 Å². The first-order valence-corrected chi connectivity index (χ1v) is 13.8. The summed E-state index contributed by atoms with van der Waals surface area (Å²) in [5.41, 5.74) is 7.80. The molecule has 4 nitrogen and oxygen atoms in total. The van der Waals surface area contributed by atoms with E-state index in [0.717, 1.165) is 38.1 Å². The number of esters is 1. The third-order valence-corrected chi connectivity index (χ3v) is 7.15. The van der Waals surface area contributed by atoms with Crippen molar-refractivity contribution in [1.82, 2.24) is 4.57 Å². The molecule has 1 aromatic heterocycles. The second kappa shape index (κ2) is 12.2. The number of benzene rings is 4. The Morgan fingerprint density at radius 3 is 2.03 bits per heavy atom. The molecule has 39 heavy (non-hydrogen) atoms. The highest BCUT2D eigenvalue weighted by Crippen LogP contribution is 2.30. The van der Waals surface area contributed by atoms with Crippen LogP contribution in [0.3, 0.4) is 0 Å². The van der Waals surface area contributed by atoms with Crippen LogP contribution in [0.25, 0.3) is 28.1 Å². The predicted molar refractivity (Wildman–Crippen MR) is 160 cm³/mol. The maximum absolute atomic E-state index is 12.6. The van der Waals surface area contributed by atoms with Crippen LogP contribution in [-0.4, -0.2) is 23.2 Å². The van der Waals surface area contributed by atoms with Crippen molar-refractivity contribution >= 4 is 21.9 Å². The summed E-state index contributed by atoms with van der Waals surface area (Å²) in [6.07, 6.45) is -0.257. The van der Waals surface area contributed by atoms with Crippen LogP contribution in [0, 0.1) is 6.92 Å². The van der Waals surface area contributed by atoms with Gasteiger partial charge in [-0.1, -0.05) is 82.7 Å². The normalized spacial score (nSPS) is 11.7. The van der Waals surface area contributed by atoms with E-state index in [1.807, 2.05) is 54.6 Å². The number of carbonyl (C=O) groups is 1. The van der Waals surface area contributed by atoms with E-state index >= 15 is 0 Å². The maximum Gasteiger partial charge on any atom is 0.347 e. The summed E-state index contributed by atoms with van der Waals surface area (Å²) in [6, 6.07) is 38.9. The average molecular weight is 581 g/mol. The second-order valence-corrected chi connectivity index (χ2v) is 10.2. The van der Waals surface area contributed by atoms with Crippen molar-refractivity contribution < 1.29 is 14.3 Å². The Bertz CT molecular complexity index is 1520. The van der Waals surface area contributed by atoms with E-state index in [9.17, 15) is 4.79 Å². The van der Waals surface area contributed by atoms with Crippen molar-refractivity contribution in [1.29, 1.82) is 0 Å². The zero-order valence-electron chi connectivity index (χ0n) is 22.0. The van der Waals surface area contributed by atoms with E-state index in [1.54, 1.807) is 6.92 Å². The summed E-state index contributed by atoms with van der Waals surface area (Å²) >= 11 is 3.52. The zero-order chi connectivity index (χ0) is 27.2. The first kappa shape index (κ1) is 26.5. The van der Waals surface area contributed by atoms with Crippen molar-refractivity contribution in [3.8, 4) is 33.8 Å². The van der Waals surface area contributed by atoms with Crippen LogP contribution in [0.15, 0.2) is 120 Å². The molecule has 0 saturated heterocycles. The van der Waals surface area contributed by atoms with Gasteiger partial charge in [-0.15, -0.1) is 0 Å². The third-order valence-electron chi connectivity index (χ3n) is 6.62. The van der Waals surface area contributed by atoms with Gasteiger partial charge in [-0.2, -0.15) is 0 Å². The van der Waals surface area contributed by atoms with Gasteiger partial charge in [0, 0.05) is 22.3 Å². The number of hydrogen-bond acceptors (Lipinski definition) is 3. The van der Waals surface area contributed by atoms with Gasteiger partial charge in [0.25, 0.3) is 0 Å². The molecule has 0 aliphatic carbocycles. The summed E-state index contributed by atoms with van der Waals surface area (Å²) in [5.74, 6) is 0.274. The zero-order valence-corrected chi connectivity index (χ0v) is 23.6. The van der Waals surface area contributed by atoms with E-state index < -0.39 is 6.10 Å². The molecule has 1 atom stereocenters. The Balaban J connectivity index is 1.33. The molecule has 0 aliphatic heterocycles. The number of nitrogens with zero attached hydrogens (tertiary/aromatic N) is 1. The number of carbonyl (C=O) groups excluding carboxylic acids is 1. The van der Waals surface area contributed by atoms with E-state index in [4.69, 9.17) is 9.47 Å². The lowest BCUT2D eigenvalue weighted by molar-refractivity contribution is -0.151. The van der Waals surface area contributed by atoms with Gasteiger partial charge in [-0.25, -0.2) is 4.79 Å². The molecular weight excluding hydrogens is 550 g/mol. The molecule has 0 fully saturated rings. The Kier molecular flexibility index (Phi) is 8.28. The smallest absolute Gasteiger partial charge is 0.347 e. The van der Waals surface area contributed by atoms with Gasteiger partial charge in [0.2, 0.25) is 0 Å². The summed E-state index contributed by atoms with van der Waals surface area (Å²) in [4.78, 5) is 12.6. The monoisotopic (exact) mass is 579 g/mol. The summed E-state index contributed by atoms with van der Waals surface area (Å²) in [5, 5.41) is 0. The fourth-order valence-corrected chi connectivity index (χ4v) is 4.92. The SMILES string of the molecule is CCOC(=O)[C@@H](Cc1ccccc1)Oc1ccc(-c2ccc(-c3ccc(C)n3-c3ccc(Br)cc3)cc2)cc1. The highest BCUT2D eigenvalue weighted by atomic mass is 79.9. The van der Waals surface area contributed by atoms with Crippen LogP contribution in [0.1, 0.15) is 18.2 Å². The Labute approximate surface area is 238 Å². The molecule has 0 saturated carbocycles. The van der Waals surface area contributed by atoms with E-state index in [0.29, 0.717) is 18.8 Å². The van der Waals surface area contributed by atoms with Gasteiger partial charge in [-0.3, -0.25) is 0 Å². The molecule has 5 aromatic rings. The Morgan fingerprint density at radius 1 is 0.769 bits per heavy atom. The van der Waals surface area contributed by atoms with E-state index in [2.05, 4.69) is 88.1 Å². The maximum atomic E-state index is 12.6. The van der Waals surface area contributed by atoms with E-state index in [1.165, 1.54) is 5.69 Å². The summed E-state index contributed by atoms with van der Waals surface area (Å²) < 4.78 is 14.7. The van der Waals surface area contributed by atoms with Crippen molar-refractivity contribution in [2.45, 2.75) is 26.4 Å². The van der Waals surface area contributed by atoms with Crippen LogP contribution in [0.5, 0.6) is 5.75 Å². The van der Waals surface area contributed by atoms with Crippen LogP contribution >= 0.6 is 15.9 Å². The van der Waals surface area contributed by atoms with Crippen LogP contribution < -0.4 is 4.74 Å². The van der Waals surface area contributed by atoms with Crippen LogP contribution in [-0.2, 0) is 16.0 Å². The second-order valence-electron chi connectivity index (χ2n) is 9.32. The quantitative estimate of drug-likeness (QED) is 0.164. The minimum atomic E-state index is -0.706. The van der Waals surface area contributed by atoms with Crippen molar-refractivity contribution in [3.05, 3.63) is 131 Å². The number of aryl methyl sites for hydroxylation is 1. The molecule has 0 bridgehead atoms. The first-order valence-electron chi connectivity index (χ1n) is 13.0. The lowest BCUT2D eigenvalue weighted by Crippen LogP contribution is -2.31. The van der Waals surface area contributed by atoms with Gasteiger partial charge >= 0.3 is 5.97 Å². The average Bonchev–Trinajstić information content (AvgIpc) is 3.35. The Morgan fingerprint density at radius 2 is 1.38 bits per heavy atom. The molecule has 0 radical (unpaired) electrons. The van der Waals surface area contributed by atoms with Crippen molar-refractivity contribution in [2.24, 2.45) is 0 Å². The summed E-state index contributed by atoms with van der Waals surface area (Å²) in [6.45, 7) is 4.24. The van der Waals surface area contributed by atoms with Gasteiger partial charge in [0.15, 0.2) is 6.10 Å². The number of hydrogen-bond donors (Lipinski definition) is 0. The molecule has 5 rings (SSSR count). The molecule has 1 heterocycles. The molecule has 0 N–H and O–H groups in total. The van der Waals surface area contributed by atoms with Gasteiger partial charge < -0.3 is 14.0 Å². The highest BCUT2D eigenvalue weighted by Gasteiger charge is 2.22. The lowest BCUT2D eigenvalue weighted by atomic mass is 10.0. The number of halogens is 1. The minimum absolute atomic E-state index is 0.315. The molecule has 4 aromatic carbocycles. The largest absolute Gasteiger partial charge is 0.478 e. The number of ether oxygens (including phenoxy) is 2. The molecule has 0 aliphatic rings. The van der Waals surface area contributed by atoms with E-state index in [-0.39, 0.29) is 5.97 Å². The van der Waals surface area contributed by atoms with Gasteiger partial charge in [0.05, 0.1) is 12.3 Å². The fourth-order valence-electron chi connectivity index (χ4n) is 4.66. The predicted octanol–water partition coefficient (Wildman–Crippen LogP) is 8.44. The van der Waals surface area contributed by atoms with Crippen LogP contribution in [0.2, 0.25) is 0 Å². The van der Waals surface area contributed by atoms with Gasteiger partial charge in [-0.05, 0) is 84.6 Å². The molecular formula is C34H30BrNO3. The molecule has 0 spiro atoms. The molecule has 5 heteroatoms. The number of aromatic nitrogens is 1. The van der Waals surface area contributed by atoms with Gasteiger partial charge in [0.1, 0.15) is 5.75 Å².